The maximum atomic E-state index is 12.3. The van der Waals surface area contributed by atoms with E-state index >= 15 is 0 Å². The van der Waals surface area contributed by atoms with Crippen LogP contribution in [-0.2, 0) is 29.6 Å². The van der Waals surface area contributed by atoms with Gasteiger partial charge in [0.25, 0.3) is 0 Å². The van der Waals surface area contributed by atoms with Crippen LogP contribution in [0.5, 0.6) is 0 Å². The Balaban J connectivity index is 2.99. The Kier molecular flexibility index (Phi) is 5.14. The van der Waals surface area contributed by atoms with Crippen molar-refractivity contribution in [3.05, 3.63) is 23.7 Å². The van der Waals surface area contributed by atoms with Gasteiger partial charge in [0.1, 0.15) is 11.5 Å². The van der Waals surface area contributed by atoms with E-state index in [1.165, 1.54) is 21.3 Å². The summed E-state index contributed by atoms with van der Waals surface area (Å²) in [4.78, 5) is 11.7. The van der Waals surface area contributed by atoms with Crippen LogP contribution < -0.4 is 0 Å². The van der Waals surface area contributed by atoms with Crippen LogP contribution in [0.25, 0.3) is 0 Å². The SMILES string of the molecule is COC(=O)C(Cc1ccc(C)o1)P(=O)(OC)OC. The molecule has 102 valence electrons. The minimum Gasteiger partial charge on any atom is -0.468 e. The van der Waals surface area contributed by atoms with Crippen molar-refractivity contribution in [2.75, 3.05) is 21.3 Å². The van der Waals surface area contributed by atoms with E-state index in [4.69, 9.17) is 13.5 Å². The van der Waals surface area contributed by atoms with Crippen LogP contribution in [0.4, 0.5) is 0 Å². The molecule has 1 heterocycles. The number of carbonyl (C=O) groups excluding carboxylic acids is 1. The first kappa shape index (κ1) is 15.0. The average molecular weight is 276 g/mol. The van der Waals surface area contributed by atoms with Gasteiger partial charge in [-0.05, 0) is 19.1 Å². The van der Waals surface area contributed by atoms with Gasteiger partial charge in [-0.3, -0.25) is 9.36 Å². The quantitative estimate of drug-likeness (QED) is 0.585. The number of rotatable bonds is 6. The van der Waals surface area contributed by atoms with Crippen molar-refractivity contribution in [3.8, 4) is 0 Å². The Morgan fingerprint density at radius 3 is 2.33 bits per heavy atom. The van der Waals surface area contributed by atoms with E-state index in [0.717, 1.165) is 0 Å². The third-order valence-corrected chi connectivity index (χ3v) is 4.73. The Hall–Kier alpha value is -1.10. The van der Waals surface area contributed by atoms with E-state index in [9.17, 15) is 9.36 Å². The molecule has 0 spiro atoms. The molecular weight excluding hydrogens is 259 g/mol. The van der Waals surface area contributed by atoms with Crippen molar-refractivity contribution >= 4 is 13.6 Å². The summed E-state index contributed by atoms with van der Waals surface area (Å²) in [7, 11) is 0.125. The topological polar surface area (TPSA) is 75.0 Å². The van der Waals surface area contributed by atoms with Gasteiger partial charge in [0, 0.05) is 20.6 Å². The highest BCUT2D eigenvalue weighted by molar-refractivity contribution is 7.55. The van der Waals surface area contributed by atoms with E-state index in [1.54, 1.807) is 19.1 Å². The predicted molar refractivity (Wildman–Crippen MR) is 64.6 cm³/mol. The van der Waals surface area contributed by atoms with Crippen LogP contribution >= 0.6 is 7.60 Å². The zero-order valence-corrected chi connectivity index (χ0v) is 11.7. The normalized spacial score (nSPS) is 13.3. The molecule has 6 nitrogen and oxygen atoms in total. The lowest BCUT2D eigenvalue weighted by atomic mass is 10.2. The third kappa shape index (κ3) is 3.22. The number of hydrogen-bond donors (Lipinski definition) is 0. The molecule has 0 aromatic carbocycles. The molecule has 0 N–H and O–H groups in total. The van der Waals surface area contributed by atoms with Gasteiger partial charge in [-0.25, -0.2) is 0 Å². The summed E-state index contributed by atoms with van der Waals surface area (Å²) in [5.74, 6) is 0.576. The van der Waals surface area contributed by atoms with Gasteiger partial charge in [0.2, 0.25) is 0 Å². The van der Waals surface area contributed by atoms with Gasteiger partial charge in [-0.15, -0.1) is 0 Å². The largest absolute Gasteiger partial charge is 0.468 e. The molecule has 0 saturated carbocycles. The molecule has 1 aromatic rings. The second kappa shape index (κ2) is 6.18. The predicted octanol–water partition coefficient (Wildman–Crippen LogP) is 2.16. The Labute approximate surface area is 106 Å². The van der Waals surface area contributed by atoms with Crippen LogP contribution in [0.15, 0.2) is 16.5 Å². The van der Waals surface area contributed by atoms with E-state index in [1.807, 2.05) is 0 Å². The number of esters is 1. The maximum Gasteiger partial charge on any atom is 0.344 e. The van der Waals surface area contributed by atoms with Gasteiger partial charge in [-0.1, -0.05) is 0 Å². The Bertz CT molecular complexity index is 444. The number of methoxy groups -OCH3 is 1. The van der Waals surface area contributed by atoms with Gasteiger partial charge in [0.15, 0.2) is 5.66 Å². The smallest absolute Gasteiger partial charge is 0.344 e. The summed E-state index contributed by atoms with van der Waals surface area (Å²) in [6.07, 6.45) is 0.0967. The van der Waals surface area contributed by atoms with Crippen molar-refractivity contribution in [2.45, 2.75) is 19.0 Å². The zero-order chi connectivity index (χ0) is 13.8. The zero-order valence-electron chi connectivity index (χ0n) is 10.8. The molecule has 1 unspecified atom stereocenters. The fraction of sp³-hybridized carbons (Fsp3) is 0.545. The molecule has 0 aliphatic carbocycles. The van der Waals surface area contributed by atoms with E-state index < -0.39 is 19.2 Å². The van der Waals surface area contributed by atoms with Crippen LogP contribution in [0.3, 0.4) is 0 Å². The van der Waals surface area contributed by atoms with Crippen LogP contribution in [-0.4, -0.2) is 33.0 Å². The highest BCUT2D eigenvalue weighted by Crippen LogP contribution is 2.53. The average Bonchev–Trinajstić information content (AvgIpc) is 2.79. The molecule has 7 heteroatoms. The Morgan fingerprint density at radius 1 is 1.33 bits per heavy atom. The minimum atomic E-state index is -3.55. The summed E-state index contributed by atoms with van der Waals surface area (Å²) in [5, 5.41) is 0. The van der Waals surface area contributed by atoms with Crippen molar-refractivity contribution in [1.82, 2.24) is 0 Å². The minimum absolute atomic E-state index is 0.0967. The number of hydrogen-bond acceptors (Lipinski definition) is 6. The molecule has 0 aliphatic rings. The molecule has 0 fully saturated rings. The summed E-state index contributed by atoms with van der Waals surface area (Å²) in [6, 6.07) is 3.47. The van der Waals surface area contributed by atoms with E-state index in [0.29, 0.717) is 11.5 Å². The molecule has 1 atom stereocenters. The van der Waals surface area contributed by atoms with Crippen molar-refractivity contribution < 1.29 is 27.6 Å². The second-order valence-corrected chi connectivity index (χ2v) is 6.09. The summed E-state index contributed by atoms with van der Waals surface area (Å²) < 4.78 is 31.9. The summed E-state index contributed by atoms with van der Waals surface area (Å²) >= 11 is 0. The van der Waals surface area contributed by atoms with Crippen LogP contribution in [0, 0.1) is 6.92 Å². The van der Waals surface area contributed by atoms with Crippen molar-refractivity contribution in [1.29, 1.82) is 0 Å². The lowest BCUT2D eigenvalue weighted by Crippen LogP contribution is -2.26. The van der Waals surface area contributed by atoms with Gasteiger partial charge < -0.3 is 18.2 Å². The fourth-order valence-electron chi connectivity index (χ4n) is 1.57. The van der Waals surface area contributed by atoms with E-state index in [-0.39, 0.29) is 6.42 Å². The number of ether oxygens (including phenoxy) is 1. The van der Waals surface area contributed by atoms with Crippen molar-refractivity contribution in [3.63, 3.8) is 0 Å². The summed E-state index contributed by atoms with van der Waals surface area (Å²) in [6.45, 7) is 1.78. The molecule has 0 radical (unpaired) electrons. The molecule has 1 aromatic heterocycles. The molecule has 0 aliphatic heterocycles. The lowest BCUT2D eigenvalue weighted by Gasteiger charge is -2.21. The fourth-order valence-corrected chi connectivity index (χ4v) is 3.00. The lowest BCUT2D eigenvalue weighted by molar-refractivity contribution is -0.140. The van der Waals surface area contributed by atoms with E-state index in [2.05, 4.69) is 4.74 Å². The first-order chi connectivity index (χ1) is 8.46. The molecule has 1 rings (SSSR count). The summed E-state index contributed by atoms with van der Waals surface area (Å²) in [5.41, 5.74) is -1.04. The molecular formula is C11H17O6P. The molecule has 0 saturated heterocycles. The molecule has 18 heavy (non-hydrogen) atoms. The first-order valence-corrected chi connectivity index (χ1v) is 6.92. The van der Waals surface area contributed by atoms with Gasteiger partial charge in [-0.2, -0.15) is 0 Å². The number of aryl methyl sites for hydroxylation is 1. The van der Waals surface area contributed by atoms with Gasteiger partial charge >= 0.3 is 13.6 Å². The Morgan fingerprint density at radius 2 is 1.94 bits per heavy atom. The van der Waals surface area contributed by atoms with Crippen LogP contribution in [0.1, 0.15) is 11.5 Å². The molecule has 0 amide bonds. The second-order valence-electron chi connectivity index (χ2n) is 3.66. The highest BCUT2D eigenvalue weighted by Gasteiger charge is 2.41. The standard InChI is InChI=1S/C11H17O6P/c1-8-5-6-9(17-8)7-10(11(12)14-2)18(13,15-3)16-4/h5-6,10H,7H2,1-4H3. The molecule has 0 bridgehead atoms. The maximum absolute atomic E-state index is 12.3. The monoisotopic (exact) mass is 276 g/mol. The number of carbonyl (C=O) groups is 1. The first-order valence-electron chi connectivity index (χ1n) is 5.31. The number of furan rings is 1. The third-order valence-electron chi connectivity index (χ3n) is 2.55. The van der Waals surface area contributed by atoms with Crippen LogP contribution in [0.2, 0.25) is 0 Å². The van der Waals surface area contributed by atoms with Crippen molar-refractivity contribution in [2.24, 2.45) is 0 Å². The van der Waals surface area contributed by atoms with Gasteiger partial charge in [0.05, 0.1) is 7.11 Å². The highest BCUT2D eigenvalue weighted by atomic mass is 31.2.